The summed E-state index contributed by atoms with van der Waals surface area (Å²) in [6, 6.07) is 3.36. The normalized spacial score (nSPS) is 15.5. The van der Waals surface area contributed by atoms with Gasteiger partial charge in [-0.05, 0) is 30.4 Å². The minimum Gasteiger partial charge on any atom is -0.331 e. The molecule has 0 atom stereocenters. The summed E-state index contributed by atoms with van der Waals surface area (Å²) in [6.45, 7) is 0. The van der Waals surface area contributed by atoms with Gasteiger partial charge in [0.2, 0.25) is 5.12 Å². The van der Waals surface area contributed by atoms with Gasteiger partial charge in [0.25, 0.3) is 0 Å². The minimum absolute atomic E-state index is 0.281. The van der Waals surface area contributed by atoms with Crippen LogP contribution in [0.4, 0.5) is 10.5 Å². The number of thiol groups is 1. The number of hydrogen-bond acceptors (Lipinski definition) is 2. The lowest BCUT2D eigenvalue weighted by Crippen LogP contribution is -2.28. The third kappa shape index (κ3) is 3.76. The molecule has 1 aliphatic carbocycles. The van der Waals surface area contributed by atoms with Crippen LogP contribution in [0.3, 0.4) is 0 Å². The molecule has 0 spiro atoms. The van der Waals surface area contributed by atoms with Crippen molar-refractivity contribution in [2.75, 3.05) is 19.4 Å². The van der Waals surface area contributed by atoms with Gasteiger partial charge in [0.05, 0.1) is 16.3 Å². The summed E-state index contributed by atoms with van der Waals surface area (Å²) in [4.78, 5) is 25.1. The average Bonchev–Trinajstić information content (AvgIpc) is 2.47. The van der Waals surface area contributed by atoms with E-state index in [1.807, 2.05) is 6.07 Å². The maximum Gasteiger partial charge on any atom is 0.321 e. The van der Waals surface area contributed by atoms with E-state index in [9.17, 15) is 9.59 Å². The molecule has 1 N–H and O–H groups in total. The van der Waals surface area contributed by atoms with Gasteiger partial charge in [0, 0.05) is 14.1 Å². The van der Waals surface area contributed by atoms with E-state index in [1.54, 1.807) is 20.2 Å². The third-order valence-corrected chi connectivity index (χ3v) is 4.71. The van der Waals surface area contributed by atoms with Gasteiger partial charge in [-0.25, -0.2) is 4.79 Å². The van der Waals surface area contributed by atoms with Crippen molar-refractivity contribution < 1.29 is 9.59 Å². The SMILES string of the molecule is CN(C)C(=O)Nc1ccc(C2CCCCC2)c(Cl)c1C(=O)S. The van der Waals surface area contributed by atoms with E-state index >= 15 is 0 Å². The van der Waals surface area contributed by atoms with Crippen LogP contribution < -0.4 is 5.32 Å². The van der Waals surface area contributed by atoms with E-state index < -0.39 is 5.12 Å². The summed E-state index contributed by atoms with van der Waals surface area (Å²) in [7, 11) is 3.27. The number of halogens is 1. The van der Waals surface area contributed by atoms with Crippen molar-refractivity contribution in [2.45, 2.75) is 38.0 Å². The van der Waals surface area contributed by atoms with Gasteiger partial charge in [-0.2, -0.15) is 0 Å². The molecule has 2 rings (SSSR count). The molecule has 22 heavy (non-hydrogen) atoms. The van der Waals surface area contributed by atoms with Crippen LogP contribution in [0.5, 0.6) is 0 Å². The number of benzene rings is 1. The lowest BCUT2D eigenvalue weighted by Gasteiger charge is -2.24. The second-order valence-electron chi connectivity index (χ2n) is 5.86. The zero-order chi connectivity index (χ0) is 16.3. The van der Waals surface area contributed by atoms with Gasteiger partial charge in [-0.1, -0.05) is 36.9 Å². The summed E-state index contributed by atoms with van der Waals surface area (Å²) in [5, 5.41) is 2.68. The number of nitrogens with one attached hydrogen (secondary N) is 1. The maximum atomic E-state index is 11.9. The molecule has 0 saturated heterocycles. The average molecular weight is 341 g/mol. The first-order chi connectivity index (χ1) is 10.4. The molecule has 0 unspecified atom stereocenters. The lowest BCUT2D eigenvalue weighted by molar-refractivity contribution is 0.109. The number of nitrogens with zero attached hydrogens (tertiary/aromatic N) is 1. The Morgan fingerprint density at radius 2 is 1.86 bits per heavy atom. The monoisotopic (exact) mass is 340 g/mol. The van der Waals surface area contributed by atoms with Gasteiger partial charge in [0.1, 0.15) is 0 Å². The number of hydrogen-bond donors (Lipinski definition) is 2. The second kappa shape index (κ2) is 7.38. The van der Waals surface area contributed by atoms with Crippen molar-refractivity contribution >= 4 is 41.1 Å². The van der Waals surface area contributed by atoms with E-state index in [0.29, 0.717) is 16.6 Å². The van der Waals surface area contributed by atoms with Crippen LogP contribution in [0.2, 0.25) is 5.02 Å². The Labute approximate surface area is 141 Å². The molecule has 0 aliphatic heterocycles. The molecule has 1 aromatic carbocycles. The maximum absolute atomic E-state index is 11.9. The molecule has 6 heteroatoms. The predicted molar refractivity (Wildman–Crippen MR) is 93.3 cm³/mol. The summed E-state index contributed by atoms with van der Waals surface area (Å²) < 4.78 is 0. The van der Waals surface area contributed by atoms with Crippen LogP contribution in [-0.4, -0.2) is 30.1 Å². The summed E-state index contributed by atoms with van der Waals surface area (Å²) in [5.41, 5.74) is 1.67. The smallest absolute Gasteiger partial charge is 0.321 e. The minimum atomic E-state index is -0.434. The fourth-order valence-electron chi connectivity index (χ4n) is 2.86. The first-order valence-electron chi connectivity index (χ1n) is 7.45. The first kappa shape index (κ1) is 17.2. The molecule has 1 saturated carbocycles. The van der Waals surface area contributed by atoms with Crippen molar-refractivity contribution in [1.29, 1.82) is 0 Å². The molecule has 0 heterocycles. The highest BCUT2D eigenvalue weighted by Crippen LogP contribution is 2.40. The van der Waals surface area contributed by atoms with Crippen LogP contribution in [0.15, 0.2) is 12.1 Å². The number of amides is 2. The Hall–Kier alpha value is -1.20. The van der Waals surface area contributed by atoms with Crippen LogP contribution >= 0.6 is 24.2 Å². The van der Waals surface area contributed by atoms with Crippen molar-refractivity contribution in [1.82, 2.24) is 4.90 Å². The van der Waals surface area contributed by atoms with Crippen LogP contribution in [-0.2, 0) is 0 Å². The predicted octanol–water partition coefficient (Wildman–Crippen LogP) is 4.55. The number of urea groups is 1. The van der Waals surface area contributed by atoms with E-state index in [-0.39, 0.29) is 11.6 Å². The quantitative estimate of drug-likeness (QED) is 0.793. The number of rotatable bonds is 3. The Kier molecular flexibility index (Phi) is 5.75. The highest BCUT2D eigenvalue weighted by molar-refractivity contribution is 7.97. The fraction of sp³-hybridized carbons (Fsp3) is 0.500. The topological polar surface area (TPSA) is 49.4 Å². The zero-order valence-corrected chi connectivity index (χ0v) is 14.5. The summed E-state index contributed by atoms with van der Waals surface area (Å²) in [5.74, 6) is 0.381. The molecular formula is C16H21ClN2O2S. The van der Waals surface area contributed by atoms with Crippen LogP contribution in [0.1, 0.15) is 53.9 Å². The Morgan fingerprint density at radius 3 is 2.41 bits per heavy atom. The molecule has 120 valence electrons. The number of carbonyl (C=O) groups excluding carboxylic acids is 2. The number of anilines is 1. The lowest BCUT2D eigenvalue weighted by atomic mass is 9.83. The van der Waals surface area contributed by atoms with Crippen LogP contribution in [0.25, 0.3) is 0 Å². The molecule has 0 radical (unpaired) electrons. The first-order valence-corrected chi connectivity index (χ1v) is 8.28. The van der Waals surface area contributed by atoms with Crippen molar-refractivity contribution in [3.05, 3.63) is 28.3 Å². The number of carbonyl (C=O) groups is 2. The Bertz CT molecular complexity index is 584. The van der Waals surface area contributed by atoms with E-state index in [0.717, 1.165) is 18.4 Å². The van der Waals surface area contributed by atoms with Gasteiger partial charge >= 0.3 is 6.03 Å². The largest absolute Gasteiger partial charge is 0.331 e. The second-order valence-corrected chi connectivity index (χ2v) is 6.64. The van der Waals surface area contributed by atoms with Gasteiger partial charge in [-0.15, -0.1) is 12.6 Å². The van der Waals surface area contributed by atoms with Crippen LogP contribution in [0, 0.1) is 0 Å². The Morgan fingerprint density at radius 1 is 1.23 bits per heavy atom. The summed E-state index contributed by atoms with van der Waals surface area (Å²) in [6.07, 6.45) is 5.80. The van der Waals surface area contributed by atoms with Crippen molar-refractivity contribution in [3.63, 3.8) is 0 Å². The highest BCUT2D eigenvalue weighted by Gasteiger charge is 2.23. The standard InChI is InChI=1S/C16H21ClN2O2S/c1-19(2)16(21)18-12-9-8-11(10-6-4-3-5-7-10)14(17)13(12)15(20)22/h8-10H,3-7H2,1-2H3,(H,18,21)(H,20,22). The third-order valence-electron chi connectivity index (χ3n) is 4.08. The molecule has 1 aromatic rings. The molecule has 4 nitrogen and oxygen atoms in total. The van der Waals surface area contributed by atoms with Gasteiger partial charge in [0.15, 0.2) is 0 Å². The zero-order valence-electron chi connectivity index (χ0n) is 12.9. The van der Waals surface area contributed by atoms with Gasteiger partial charge < -0.3 is 10.2 Å². The van der Waals surface area contributed by atoms with Crippen molar-refractivity contribution in [3.8, 4) is 0 Å². The van der Waals surface area contributed by atoms with E-state index in [4.69, 9.17) is 11.6 Å². The fourth-order valence-corrected chi connectivity index (χ4v) is 3.56. The van der Waals surface area contributed by atoms with Crippen molar-refractivity contribution in [2.24, 2.45) is 0 Å². The highest BCUT2D eigenvalue weighted by atomic mass is 35.5. The van der Waals surface area contributed by atoms with Gasteiger partial charge in [-0.3, -0.25) is 4.79 Å². The molecule has 0 bridgehead atoms. The Balaban J connectivity index is 2.38. The van der Waals surface area contributed by atoms with E-state index in [1.165, 1.54) is 24.2 Å². The molecular weight excluding hydrogens is 320 g/mol. The molecule has 0 aromatic heterocycles. The molecule has 1 aliphatic rings. The van der Waals surface area contributed by atoms with E-state index in [2.05, 4.69) is 17.9 Å². The molecule has 2 amide bonds. The summed E-state index contributed by atoms with van der Waals surface area (Å²) >= 11 is 10.4. The molecule has 1 fully saturated rings.